The van der Waals surface area contributed by atoms with E-state index in [4.69, 9.17) is 5.73 Å². The monoisotopic (exact) mass is 289 g/mol. The Balaban J connectivity index is 3.47. The largest absolute Gasteiger partial charge is 0.416 e. The maximum absolute atomic E-state index is 12.4. The molecular weight excluding hydrogens is 285 g/mol. The first kappa shape index (κ1) is 12.2. The number of halogens is 6. The van der Waals surface area contributed by atoms with Gasteiger partial charge in [0.25, 0.3) is 6.43 Å². The van der Waals surface area contributed by atoms with Crippen molar-refractivity contribution in [3.63, 3.8) is 0 Å². The molecule has 0 heterocycles. The van der Waals surface area contributed by atoms with E-state index in [2.05, 4.69) is 15.9 Å². The van der Waals surface area contributed by atoms with Crippen molar-refractivity contribution in [2.24, 2.45) is 0 Å². The van der Waals surface area contributed by atoms with Crippen LogP contribution in [-0.2, 0) is 6.18 Å². The van der Waals surface area contributed by atoms with Crippen LogP contribution in [0.3, 0.4) is 0 Å². The number of anilines is 1. The lowest BCUT2D eigenvalue weighted by atomic mass is 10.1. The molecule has 1 rings (SSSR count). The summed E-state index contributed by atoms with van der Waals surface area (Å²) in [5, 5.41) is 0. The molecule has 7 heteroatoms. The third-order valence-corrected chi connectivity index (χ3v) is 2.16. The van der Waals surface area contributed by atoms with Gasteiger partial charge in [-0.1, -0.05) is 15.9 Å². The predicted molar refractivity (Wildman–Crippen MR) is 48.5 cm³/mol. The smallest absolute Gasteiger partial charge is 0.398 e. The van der Waals surface area contributed by atoms with E-state index in [-0.39, 0.29) is 4.47 Å². The van der Waals surface area contributed by atoms with Gasteiger partial charge in [0.05, 0.1) is 11.1 Å². The fourth-order valence-electron chi connectivity index (χ4n) is 1.12. The molecule has 0 atom stereocenters. The summed E-state index contributed by atoms with van der Waals surface area (Å²) in [6.07, 6.45) is -8.10. The number of hydrogen-bond acceptors (Lipinski definition) is 1. The highest BCUT2D eigenvalue weighted by atomic mass is 79.9. The topological polar surface area (TPSA) is 26.0 Å². The zero-order valence-corrected chi connectivity index (χ0v) is 8.66. The van der Waals surface area contributed by atoms with Crippen LogP contribution in [0.25, 0.3) is 0 Å². The SMILES string of the molecule is Nc1cc(Br)cc(C(F)(F)F)c1C(F)F. The van der Waals surface area contributed by atoms with Crippen molar-refractivity contribution in [3.05, 3.63) is 27.7 Å². The lowest BCUT2D eigenvalue weighted by Crippen LogP contribution is -2.11. The number of alkyl halides is 5. The predicted octanol–water partition coefficient (Wildman–Crippen LogP) is 3.99. The molecule has 0 saturated carbocycles. The molecule has 0 bridgehead atoms. The van der Waals surface area contributed by atoms with Gasteiger partial charge in [0.15, 0.2) is 0 Å². The van der Waals surface area contributed by atoms with Crippen molar-refractivity contribution in [2.75, 3.05) is 5.73 Å². The molecule has 15 heavy (non-hydrogen) atoms. The van der Waals surface area contributed by atoms with Crippen LogP contribution in [0.5, 0.6) is 0 Å². The number of nitrogens with two attached hydrogens (primary N) is 1. The molecule has 0 fully saturated rings. The Bertz CT molecular complexity index is 374. The zero-order valence-electron chi connectivity index (χ0n) is 7.08. The summed E-state index contributed by atoms with van der Waals surface area (Å²) < 4.78 is 61.8. The molecule has 0 radical (unpaired) electrons. The summed E-state index contributed by atoms with van der Waals surface area (Å²) in [5.41, 5.74) is 1.94. The summed E-state index contributed by atoms with van der Waals surface area (Å²) >= 11 is 2.76. The highest BCUT2D eigenvalue weighted by Crippen LogP contribution is 2.40. The van der Waals surface area contributed by atoms with Crippen molar-refractivity contribution in [3.8, 4) is 0 Å². The van der Waals surface area contributed by atoms with Crippen LogP contribution in [0.2, 0.25) is 0 Å². The molecule has 1 nitrogen and oxygen atoms in total. The molecule has 2 N–H and O–H groups in total. The summed E-state index contributed by atoms with van der Waals surface area (Å²) in [6, 6.07) is 1.59. The lowest BCUT2D eigenvalue weighted by Gasteiger charge is -2.14. The highest BCUT2D eigenvalue weighted by molar-refractivity contribution is 9.10. The van der Waals surface area contributed by atoms with Crippen LogP contribution >= 0.6 is 15.9 Å². The second-order valence-corrected chi connectivity index (χ2v) is 3.67. The Hall–Kier alpha value is -0.850. The number of nitrogen functional groups attached to an aromatic ring is 1. The van der Waals surface area contributed by atoms with Gasteiger partial charge in [-0.15, -0.1) is 0 Å². The Morgan fingerprint density at radius 1 is 1.20 bits per heavy atom. The third-order valence-electron chi connectivity index (χ3n) is 1.70. The Morgan fingerprint density at radius 3 is 2.13 bits per heavy atom. The second-order valence-electron chi connectivity index (χ2n) is 2.75. The van der Waals surface area contributed by atoms with E-state index in [0.29, 0.717) is 6.07 Å². The van der Waals surface area contributed by atoms with Crippen LogP contribution in [0.15, 0.2) is 16.6 Å². The van der Waals surface area contributed by atoms with Crippen LogP contribution in [0.1, 0.15) is 17.6 Å². The number of hydrogen-bond donors (Lipinski definition) is 1. The molecule has 1 aromatic carbocycles. The normalized spacial score (nSPS) is 12.2. The van der Waals surface area contributed by atoms with Gasteiger partial charge in [0.2, 0.25) is 0 Å². The average Bonchev–Trinajstić information content (AvgIpc) is 1.99. The second kappa shape index (κ2) is 3.96. The number of rotatable bonds is 1. The van der Waals surface area contributed by atoms with E-state index < -0.39 is 29.4 Å². The molecule has 0 spiro atoms. The lowest BCUT2D eigenvalue weighted by molar-refractivity contribution is -0.139. The van der Waals surface area contributed by atoms with Crippen molar-refractivity contribution < 1.29 is 22.0 Å². The van der Waals surface area contributed by atoms with Gasteiger partial charge < -0.3 is 5.73 Å². The minimum atomic E-state index is -4.84. The maximum atomic E-state index is 12.4. The molecule has 0 aromatic heterocycles. The molecular formula is C8H5BrF5N. The molecule has 0 amide bonds. The first-order valence-electron chi connectivity index (χ1n) is 3.67. The zero-order chi connectivity index (χ0) is 11.8. The Morgan fingerprint density at radius 2 is 1.73 bits per heavy atom. The first-order valence-corrected chi connectivity index (χ1v) is 4.47. The van der Waals surface area contributed by atoms with Crippen LogP contribution < -0.4 is 5.73 Å². The first-order chi connectivity index (χ1) is 6.73. The van der Waals surface area contributed by atoms with Gasteiger partial charge in [0.1, 0.15) is 0 Å². The Labute approximate surface area is 90.2 Å². The van der Waals surface area contributed by atoms with E-state index in [9.17, 15) is 22.0 Å². The van der Waals surface area contributed by atoms with E-state index in [0.717, 1.165) is 6.07 Å². The fourth-order valence-corrected chi connectivity index (χ4v) is 1.59. The summed E-state index contributed by atoms with van der Waals surface area (Å²) in [5.74, 6) is 0. The maximum Gasteiger partial charge on any atom is 0.416 e. The molecule has 0 aliphatic carbocycles. The molecule has 0 aliphatic heterocycles. The van der Waals surface area contributed by atoms with Crippen LogP contribution in [-0.4, -0.2) is 0 Å². The van der Waals surface area contributed by atoms with Crippen LogP contribution in [0.4, 0.5) is 27.6 Å². The molecule has 84 valence electrons. The van der Waals surface area contributed by atoms with Crippen molar-refractivity contribution in [1.82, 2.24) is 0 Å². The van der Waals surface area contributed by atoms with Crippen molar-refractivity contribution >= 4 is 21.6 Å². The van der Waals surface area contributed by atoms with Gasteiger partial charge in [-0.2, -0.15) is 13.2 Å². The third kappa shape index (κ3) is 2.58. The summed E-state index contributed by atoms with van der Waals surface area (Å²) in [7, 11) is 0. The van der Waals surface area contributed by atoms with E-state index in [1.54, 1.807) is 0 Å². The number of benzene rings is 1. The van der Waals surface area contributed by atoms with Crippen molar-refractivity contribution in [1.29, 1.82) is 0 Å². The quantitative estimate of drug-likeness (QED) is 0.614. The molecule has 0 saturated heterocycles. The highest BCUT2D eigenvalue weighted by Gasteiger charge is 2.37. The van der Waals surface area contributed by atoms with Gasteiger partial charge in [-0.05, 0) is 12.1 Å². The Kier molecular flexibility index (Phi) is 3.22. The van der Waals surface area contributed by atoms with E-state index in [1.807, 2.05) is 0 Å². The molecule has 0 aliphatic rings. The van der Waals surface area contributed by atoms with Gasteiger partial charge >= 0.3 is 6.18 Å². The minimum Gasteiger partial charge on any atom is -0.398 e. The fraction of sp³-hybridized carbons (Fsp3) is 0.250. The average molecular weight is 290 g/mol. The van der Waals surface area contributed by atoms with Gasteiger partial charge in [0, 0.05) is 10.2 Å². The van der Waals surface area contributed by atoms with E-state index >= 15 is 0 Å². The molecule has 0 unspecified atom stereocenters. The van der Waals surface area contributed by atoms with Gasteiger partial charge in [-0.3, -0.25) is 0 Å². The standard InChI is InChI=1S/C8H5BrF5N/c9-3-1-4(8(12,13)14)6(7(10)11)5(15)2-3/h1-2,7H,15H2. The van der Waals surface area contributed by atoms with Crippen LogP contribution in [0, 0.1) is 0 Å². The summed E-state index contributed by atoms with van der Waals surface area (Å²) in [6.45, 7) is 0. The van der Waals surface area contributed by atoms with Gasteiger partial charge in [-0.25, -0.2) is 8.78 Å². The van der Waals surface area contributed by atoms with E-state index in [1.165, 1.54) is 0 Å². The van der Waals surface area contributed by atoms with Crippen molar-refractivity contribution in [2.45, 2.75) is 12.6 Å². The summed E-state index contributed by atoms with van der Waals surface area (Å²) in [4.78, 5) is 0. The molecule has 1 aromatic rings. The minimum absolute atomic E-state index is 0.0109.